The number of rotatable bonds is 4. The lowest BCUT2D eigenvalue weighted by Crippen LogP contribution is -2.18. The summed E-state index contributed by atoms with van der Waals surface area (Å²) in [5, 5.41) is 9.94. The number of alkyl halides is 3. The predicted molar refractivity (Wildman–Crippen MR) is 78.6 cm³/mol. The molecule has 3 N–H and O–H groups in total. The number of nitrogens with one attached hydrogen (secondary N) is 1. The number of hydrogen-bond donors (Lipinski definition) is 2. The van der Waals surface area contributed by atoms with Crippen LogP contribution in [0.2, 0.25) is 5.02 Å². The maximum absolute atomic E-state index is 12.5. The molecule has 3 rings (SSSR count). The average Bonchev–Trinajstić information content (AvgIpc) is 2.93. The second kappa shape index (κ2) is 6.04. The molecule has 0 unspecified atom stereocenters. The van der Waals surface area contributed by atoms with Crippen LogP contribution in [0.5, 0.6) is 11.5 Å². The van der Waals surface area contributed by atoms with Crippen LogP contribution < -0.4 is 15.2 Å². The van der Waals surface area contributed by atoms with Gasteiger partial charge in [0.1, 0.15) is 18.2 Å². The Bertz CT molecular complexity index is 884. The van der Waals surface area contributed by atoms with Crippen LogP contribution in [0.1, 0.15) is 5.56 Å². The maximum Gasteiger partial charge on any atom is 0.573 e. The van der Waals surface area contributed by atoms with Crippen molar-refractivity contribution >= 4 is 28.6 Å². The fourth-order valence-corrected chi connectivity index (χ4v) is 2.21. The smallest absolute Gasteiger partial charge is 0.486 e. The summed E-state index contributed by atoms with van der Waals surface area (Å²) in [5.74, 6) is -0.118. The number of aromatic nitrogens is 4. The number of fused-ring (bicyclic) bond motifs is 1. The molecule has 2 aromatic heterocycles. The first-order valence-electron chi connectivity index (χ1n) is 6.46. The van der Waals surface area contributed by atoms with E-state index in [2.05, 4.69) is 25.1 Å². The van der Waals surface area contributed by atoms with E-state index in [-0.39, 0.29) is 39.9 Å². The molecule has 0 aliphatic rings. The summed E-state index contributed by atoms with van der Waals surface area (Å²) in [5.41, 5.74) is 6.24. The van der Waals surface area contributed by atoms with Crippen molar-refractivity contribution in [3.05, 3.63) is 34.9 Å². The number of ether oxygens (including phenoxy) is 2. The number of aromatic amines is 1. The van der Waals surface area contributed by atoms with Crippen LogP contribution in [-0.4, -0.2) is 26.8 Å². The lowest BCUT2D eigenvalue weighted by Gasteiger charge is -2.15. The Hall–Kier alpha value is -2.75. The number of nitrogens with two attached hydrogens (primary N) is 1. The van der Waals surface area contributed by atoms with Gasteiger partial charge in [-0.1, -0.05) is 22.9 Å². The van der Waals surface area contributed by atoms with E-state index in [9.17, 15) is 13.2 Å². The van der Waals surface area contributed by atoms with Gasteiger partial charge in [-0.2, -0.15) is 0 Å². The Balaban J connectivity index is 1.90. The number of H-pyrrole nitrogens is 1. The molecule has 0 radical (unpaired) electrons. The Labute approximate surface area is 137 Å². The first-order valence-corrected chi connectivity index (χ1v) is 6.84. The van der Waals surface area contributed by atoms with Crippen LogP contribution >= 0.6 is 11.6 Å². The number of benzene rings is 1. The van der Waals surface area contributed by atoms with E-state index in [0.29, 0.717) is 0 Å². The zero-order valence-electron chi connectivity index (χ0n) is 11.8. The number of nitrogens with zero attached hydrogens (tertiary/aromatic N) is 3. The van der Waals surface area contributed by atoms with Crippen molar-refractivity contribution in [2.75, 3.05) is 5.73 Å². The monoisotopic (exact) mass is 359 g/mol. The SMILES string of the molecule is Nc1cc(OCc2c(Cl)cccc2OC(F)(F)F)c2nn[nH]c2n1. The zero-order valence-corrected chi connectivity index (χ0v) is 12.5. The summed E-state index contributed by atoms with van der Waals surface area (Å²) in [6, 6.07) is 5.29. The summed E-state index contributed by atoms with van der Waals surface area (Å²) in [6.45, 7) is -0.295. The molecule has 0 atom stereocenters. The summed E-state index contributed by atoms with van der Waals surface area (Å²) in [4.78, 5) is 3.95. The predicted octanol–water partition coefficient (Wildman–Crippen LogP) is 3.07. The highest BCUT2D eigenvalue weighted by molar-refractivity contribution is 6.31. The zero-order chi connectivity index (χ0) is 17.3. The lowest BCUT2D eigenvalue weighted by molar-refractivity contribution is -0.275. The van der Waals surface area contributed by atoms with Crippen molar-refractivity contribution in [3.8, 4) is 11.5 Å². The molecule has 2 heterocycles. The molecule has 0 aliphatic heterocycles. The molecule has 0 saturated heterocycles. The summed E-state index contributed by atoms with van der Waals surface area (Å²) >= 11 is 5.95. The van der Waals surface area contributed by atoms with E-state index in [1.165, 1.54) is 18.2 Å². The van der Waals surface area contributed by atoms with E-state index in [4.69, 9.17) is 22.1 Å². The Morgan fingerprint density at radius 1 is 1.25 bits per heavy atom. The Morgan fingerprint density at radius 2 is 2.04 bits per heavy atom. The molecule has 3 aromatic rings. The second-order valence-electron chi connectivity index (χ2n) is 4.61. The average molecular weight is 360 g/mol. The van der Waals surface area contributed by atoms with E-state index < -0.39 is 12.1 Å². The van der Waals surface area contributed by atoms with Crippen molar-refractivity contribution in [2.45, 2.75) is 13.0 Å². The topological polar surface area (TPSA) is 98.9 Å². The number of halogens is 4. The van der Waals surface area contributed by atoms with E-state index in [0.717, 1.165) is 6.07 Å². The van der Waals surface area contributed by atoms with Crippen LogP contribution in [0.25, 0.3) is 11.2 Å². The highest BCUT2D eigenvalue weighted by atomic mass is 35.5. The number of nitrogen functional groups attached to an aromatic ring is 1. The largest absolute Gasteiger partial charge is 0.573 e. The van der Waals surface area contributed by atoms with Crippen molar-refractivity contribution in [1.82, 2.24) is 20.4 Å². The fraction of sp³-hybridized carbons (Fsp3) is 0.154. The molecular weight excluding hydrogens is 351 g/mol. The third kappa shape index (κ3) is 3.43. The molecule has 7 nitrogen and oxygen atoms in total. The van der Waals surface area contributed by atoms with E-state index in [1.807, 2.05) is 0 Å². The van der Waals surface area contributed by atoms with Crippen LogP contribution in [0.15, 0.2) is 24.3 Å². The molecule has 24 heavy (non-hydrogen) atoms. The van der Waals surface area contributed by atoms with Gasteiger partial charge in [-0.3, -0.25) is 0 Å². The molecule has 0 bridgehead atoms. The minimum atomic E-state index is -4.85. The molecule has 11 heteroatoms. The van der Waals surface area contributed by atoms with Gasteiger partial charge in [0.25, 0.3) is 0 Å². The second-order valence-corrected chi connectivity index (χ2v) is 5.01. The standard InChI is InChI=1S/C13H9ClF3N5O2/c14-7-2-1-3-8(24-13(15,16)17)6(7)5-23-9-4-10(18)19-12-11(9)20-22-21-12/h1-4H,5H2,(H3,18,19,20,21,22). The minimum Gasteiger partial charge on any atom is -0.486 e. The van der Waals surface area contributed by atoms with Crippen LogP contribution in [0.3, 0.4) is 0 Å². The summed E-state index contributed by atoms with van der Waals surface area (Å²) < 4.78 is 46.9. The van der Waals surface area contributed by atoms with Gasteiger partial charge in [0.05, 0.1) is 10.6 Å². The van der Waals surface area contributed by atoms with Gasteiger partial charge in [-0.05, 0) is 12.1 Å². The molecule has 126 valence electrons. The number of hydrogen-bond acceptors (Lipinski definition) is 6. The van der Waals surface area contributed by atoms with Gasteiger partial charge in [0.15, 0.2) is 16.9 Å². The highest BCUT2D eigenvalue weighted by Gasteiger charge is 2.32. The van der Waals surface area contributed by atoms with Gasteiger partial charge < -0.3 is 15.2 Å². The van der Waals surface area contributed by atoms with Gasteiger partial charge in [0.2, 0.25) is 0 Å². The molecular formula is C13H9ClF3N5O2. The first kappa shape index (κ1) is 16.1. The third-order valence-corrected chi connectivity index (χ3v) is 3.31. The molecule has 1 aromatic carbocycles. The van der Waals surface area contributed by atoms with Crippen molar-refractivity contribution in [3.63, 3.8) is 0 Å². The van der Waals surface area contributed by atoms with E-state index >= 15 is 0 Å². The van der Waals surface area contributed by atoms with Crippen molar-refractivity contribution in [1.29, 1.82) is 0 Å². The quantitative estimate of drug-likeness (QED) is 0.742. The van der Waals surface area contributed by atoms with Gasteiger partial charge >= 0.3 is 6.36 Å². The third-order valence-electron chi connectivity index (χ3n) is 2.96. The Morgan fingerprint density at radius 3 is 2.79 bits per heavy atom. The number of anilines is 1. The van der Waals surface area contributed by atoms with Gasteiger partial charge in [0, 0.05) is 6.07 Å². The fourth-order valence-electron chi connectivity index (χ4n) is 1.99. The minimum absolute atomic E-state index is 0.0310. The Kier molecular flexibility index (Phi) is 4.06. The molecule has 0 aliphatic carbocycles. The van der Waals surface area contributed by atoms with Crippen molar-refractivity contribution in [2.24, 2.45) is 0 Å². The van der Waals surface area contributed by atoms with Crippen LogP contribution in [0, 0.1) is 0 Å². The summed E-state index contributed by atoms with van der Waals surface area (Å²) in [6.07, 6.45) is -4.85. The molecule has 0 spiro atoms. The molecule has 0 fully saturated rings. The van der Waals surface area contributed by atoms with Crippen LogP contribution in [0.4, 0.5) is 19.0 Å². The van der Waals surface area contributed by atoms with Crippen molar-refractivity contribution < 1.29 is 22.6 Å². The normalized spacial score (nSPS) is 11.7. The van der Waals surface area contributed by atoms with Gasteiger partial charge in [-0.15, -0.1) is 18.3 Å². The molecule has 0 saturated carbocycles. The summed E-state index contributed by atoms with van der Waals surface area (Å²) in [7, 11) is 0. The maximum atomic E-state index is 12.5. The lowest BCUT2D eigenvalue weighted by atomic mass is 10.2. The molecule has 0 amide bonds. The van der Waals surface area contributed by atoms with Crippen LogP contribution in [-0.2, 0) is 6.61 Å². The first-order chi connectivity index (χ1) is 11.3. The van der Waals surface area contributed by atoms with Gasteiger partial charge in [-0.25, -0.2) is 10.1 Å². The number of pyridine rings is 1. The highest BCUT2D eigenvalue weighted by Crippen LogP contribution is 2.33. The van der Waals surface area contributed by atoms with E-state index in [1.54, 1.807) is 0 Å².